The molecule has 0 bridgehead atoms. The monoisotopic (exact) mass is 377 g/mol. The molecular formula is C17H16ClN3O5. The highest BCUT2D eigenvalue weighted by Gasteiger charge is 2.22. The Morgan fingerprint density at radius 2 is 2.00 bits per heavy atom. The van der Waals surface area contributed by atoms with Gasteiger partial charge < -0.3 is 14.6 Å². The van der Waals surface area contributed by atoms with Crippen molar-refractivity contribution in [3.8, 4) is 5.75 Å². The molecule has 26 heavy (non-hydrogen) atoms. The highest BCUT2D eigenvalue weighted by Crippen LogP contribution is 2.28. The smallest absolute Gasteiger partial charge is 0.271 e. The number of Topliss-reactive ketones (excluding diaryl/α,β-unsaturated/α-hetero) is 1. The third-order valence-corrected chi connectivity index (χ3v) is 4.41. The van der Waals surface area contributed by atoms with Crippen molar-refractivity contribution < 1.29 is 19.2 Å². The van der Waals surface area contributed by atoms with Crippen molar-refractivity contribution in [2.75, 3.05) is 19.7 Å². The quantitative estimate of drug-likeness (QED) is 0.473. The van der Waals surface area contributed by atoms with Crippen molar-refractivity contribution in [3.05, 3.63) is 56.9 Å². The summed E-state index contributed by atoms with van der Waals surface area (Å²) in [5, 5.41) is 10.7. The molecule has 2 aromatic rings. The van der Waals surface area contributed by atoms with E-state index in [2.05, 4.69) is 4.98 Å². The SMILES string of the molecule is O=C(COc1ccc([N+](=O)[O-])cc1Cl)c1c[nH]c(C(=O)N2CCCC2)c1. The van der Waals surface area contributed by atoms with Crippen LogP contribution in [0.25, 0.3) is 0 Å². The topological polar surface area (TPSA) is 106 Å². The lowest BCUT2D eigenvalue weighted by Crippen LogP contribution is -2.27. The Labute approximate surface area is 153 Å². The van der Waals surface area contributed by atoms with Gasteiger partial charge in [-0.3, -0.25) is 19.7 Å². The maximum atomic E-state index is 12.3. The summed E-state index contributed by atoms with van der Waals surface area (Å²) in [7, 11) is 0. The number of hydrogen-bond donors (Lipinski definition) is 1. The number of benzene rings is 1. The first-order valence-corrected chi connectivity index (χ1v) is 8.41. The zero-order valence-electron chi connectivity index (χ0n) is 13.7. The number of rotatable bonds is 6. The van der Waals surface area contributed by atoms with Gasteiger partial charge in [-0.1, -0.05) is 11.6 Å². The average molecular weight is 378 g/mol. The van der Waals surface area contributed by atoms with E-state index in [-0.39, 0.29) is 34.8 Å². The largest absolute Gasteiger partial charge is 0.484 e. The number of carbonyl (C=O) groups excluding carboxylic acids is 2. The van der Waals surface area contributed by atoms with Crippen LogP contribution in [-0.2, 0) is 0 Å². The van der Waals surface area contributed by atoms with Crippen LogP contribution in [0, 0.1) is 10.1 Å². The fourth-order valence-corrected chi connectivity index (χ4v) is 2.95. The number of non-ortho nitro benzene ring substituents is 1. The number of amides is 1. The lowest BCUT2D eigenvalue weighted by atomic mass is 10.2. The van der Waals surface area contributed by atoms with E-state index in [4.69, 9.17) is 16.3 Å². The summed E-state index contributed by atoms with van der Waals surface area (Å²) >= 11 is 5.92. The first-order chi connectivity index (χ1) is 12.5. The molecule has 1 aromatic carbocycles. The Morgan fingerprint density at radius 3 is 2.65 bits per heavy atom. The zero-order chi connectivity index (χ0) is 18.7. The van der Waals surface area contributed by atoms with Crippen molar-refractivity contribution in [2.45, 2.75) is 12.8 Å². The summed E-state index contributed by atoms with van der Waals surface area (Å²) in [6.45, 7) is 1.15. The molecule has 0 unspecified atom stereocenters. The molecule has 0 aliphatic carbocycles. The Hall–Kier alpha value is -2.87. The fraction of sp³-hybridized carbons (Fsp3) is 0.294. The second-order valence-electron chi connectivity index (χ2n) is 5.89. The second kappa shape index (κ2) is 7.57. The van der Waals surface area contributed by atoms with Gasteiger partial charge in [-0.2, -0.15) is 0 Å². The van der Waals surface area contributed by atoms with Crippen LogP contribution in [0.1, 0.15) is 33.7 Å². The van der Waals surface area contributed by atoms with Crippen molar-refractivity contribution >= 4 is 29.0 Å². The van der Waals surface area contributed by atoms with Crippen molar-refractivity contribution in [1.29, 1.82) is 0 Å². The molecule has 3 rings (SSSR count). The van der Waals surface area contributed by atoms with Gasteiger partial charge in [0.15, 0.2) is 6.61 Å². The molecule has 1 saturated heterocycles. The van der Waals surface area contributed by atoms with Crippen LogP contribution in [-0.4, -0.2) is 46.2 Å². The molecular weight excluding hydrogens is 362 g/mol. The third kappa shape index (κ3) is 3.85. The van der Waals surface area contributed by atoms with Crippen molar-refractivity contribution in [2.24, 2.45) is 0 Å². The van der Waals surface area contributed by atoms with Crippen LogP contribution in [0.3, 0.4) is 0 Å². The summed E-state index contributed by atoms with van der Waals surface area (Å²) in [5.41, 5.74) is 0.526. The first-order valence-electron chi connectivity index (χ1n) is 8.03. The average Bonchev–Trinajstić information content (AvgIpc) is 3.31. The third-order valence-electron chi connectivity index (χ3n) is 4.11. The molecule has 1 aliphatic rings. The normalized spacial score (nSPS) is 13.7. The summed E-state index contributed by atoms with van der Waals surface area (Å²) in [6, 6.07) is 5.25. The number of aromatic nitrogens is 1. The van der Waals surface area contributed by atoms with Gasteiger partial charge in [-0.25, -0.2) is 0 Å². The predicted molar refractivity (Wildman–Crippen MR) is 93.9 cm³/mol. The molecule has 1 aromatic heterocycles. The molecule has 0 atom stereocenters. The van der Waals surface area contributed by atoms with Gasteiger partial charge >= 0.3 is 0 Å². The number of nitrogens with zero attached hydrogens (tertiary/aromatic N) is 2. The van der Waals surface area contributed by atoms with Crippen molar-refractivity contribution in [3.63, 3.8) is 0 Å². The van der Waals surface area contributed by atoms with Crippen LogP contribution in [0.4, 0.5) is 5.69 Å². The number of nitro groups is 1. The van der Waals surface area contributed by atoms with Gasteiger partial charge in [-0.15, -0.1) is 0 Å². The van der Waals surface area contributed by atoms with Crippen LogP contribution in [0.5, 0.6) is 5.75 Å². The standard InChI is InChI=1S/C17H16ClN3O5/c18-13-8-12(21(24)25)3-4-16(13)26-10-15(22)11-7-14(19-9-11)17(23)20-5-1-2-6-20/h3-4,7-9,19H,1-2,5-6,10H2. The van der Waals surface area contributed by atoms with E-state index in [1.54, 1.807) is 4.90 Å². The van der Waals surface area contributed by atoms with Gasteiger partial charge in [0.1, 0.15) is 11.4 Å². The van der Waals surface area contributed by atoms with Crippen LogP contribution < -0.4 is 4.74 Å². The molecule has 1 aliphatic heterocycles. The van der Waals surface area contributed by atoms with E-state index in [9.17, 15) is 19.7 Å². The summed E-state index contributed by atoms with van der Waals surface area (Å²) in [5.74, 6) is -0.286. The number of aromatic amines is 1. The predicted octanol–water partition coefficient (Wildman–Crippen LogP) is 3.07. The van der Waals surface area contributed by atoms with E-state index >= 15 is 0 Å². The van der Waals surface area contributed by atoms with Crippen LogP contribution in [0.15, 0.2) is 30.5 Å². The van der Waals surface area contributed by atoms with Gasteiger partial charge in [-0.05, 0) is 25.0 Å². The number of nitrogens with one attached hydrogen (secondary N) is 1. The number of nitro benzene ring substituents is 1. The number of likely N-dealkylation sites (tertiary alicyclic amines) is 1. The van der Waals surface area contributed by atoms with Crippen LogP contribution in [0.2, 0.25) is 5.02 Å². The second-order valence-corrected chi connectivity index (χ2v) is 6.29. The maximum absolute atomic E-state index is 12.3. The van der Waals surface area contributed by atoms with E-state index in [1.165, 1.54) is 24.4 Å². The number of ketones is 1. The molecule has 1 N–H and O–H groups in total. The van der Waals surface area contributed by atoms with Gasteiger partial charge in [0.25, 0.3) is 11.6 Å². The Morgan fingerprint density at radius 1 is 1.27 bits per heavy atom. The molecule has 0 saturated carbocycles. The molecule has 1 amide bonds. The van der Waals surface area contributed by atoms with Crippen molar-refractivity contribution in [1.82, 2.24) is 9.88 Å². The minimum Gasteiger partial charge on any atom is -0.484 e. The lowest BCUT2D eigenvalue weighted by molar-refractivity contribution is -0.384. The summed E-state index contributed by atoms with van der Waals surface area (Å²) in [4.78, 5) is 39.2. The molecule has 0 spiro atoms. The number of H-pyrrole nitrogens is 1. The van der Waals surface area contributed by atoms with E-state index in [0.717, 1.165) is 32.0 Å². The summed E-state index contributed by atoms with van der Waals surface area (Å²) < 4.78 is 5.34. The summed E-state index contributed by atoms with van der Waals surface area (Å²) in [6.07, 6.45) is 3.44. The van der Waals surface area contributed by atoms with E-state index in [0.29, 0.717) is 11.3 Å². The molecule has 9 heteroatoms. The number of ether oxygens (including phenoxy) is 1. The minimum absolute atomic E-state index is 0.0472. The first kappa shape index (κ1) is 17.9. The van der Waals surface area contributed by atoms with Gasteiger partial charge in [0.2, 0.25) is 5.78 Å². The maximum Gasteiger partial charge on any atom is 0.271 e. The lowest BCUT2D eigenvalue weighted by Gasteiger charge is -2.13. The van der Waals surface area contributed by atoms with Gasteiger partial charge in [0, 0.05) is 37.0 Å². The van der Waals surface area contributed by atoms with E-state index in [1.807, 2.05) is 0 Å². The Kier molecular flexibility index (Phi) is 5.22. The van der Waals surface area contributed by atoms with Crippen LogP contribution >= 0.6 is 11.6 Å². The molecule has 2 heterocycles. The Bertz CT molecular complexity index is 858. The molecule has 136 valence electrons. The number of carbonyl (C=O) groups is 2. The number of halogens is 1. The molecule has 8 nitrogen and oxygen atoms in total. The number of hydrogen-bond acceptors (Lipinski definition) is 5. The molecule has 1 fully saturated rings. The highest BCUT2D eigenvalue weighted by atomic mass is 35.5. The zero-order valence-corrected chi connectivity index (χ0v) is 14.5. The highest BCUT2D eigenvalue weighted by molar-refractivity contribution is 6.32. The fourth-order valence-electron chi connectivity index (χ4n) is 2.72. The van der Waals surface area contributed by atoms with Gasteiger partial charge in [0.05, 0.1) is 9.95 Å². The Balaban J connectivity index is 1.62. The molecule has 0 radical (unpaired) electrons. The minimum atomic E-state index is -0.570. The van der Waals surface area contributed by atoms with E-state index < -0.39 is 4.92 Å².